The molecule has 0 aliphatic rings. The molecule has 0 radical (unpaired) electrons. The first kappa shape index (κ1) is 21.7. The lowest BCUT2D eigenvalue weighted by Gasteiger charge is -2.37. The van der Waals surface area contributed by atoms with Crippen LogP contribution in [0, 0.1) is 0 Å². The third-order valence-electron chi connectivity index (χ3n) is 3.01. The summed E-state index contributed by atoms with van der Waals surface area (Å²) in [6.45, 7) is 18.2. The molecule has 22 heavy (non-hydrogen) atoms. The van der Waals surface area contributed by atoms with Crippen molar-refractivity contribution in [3.8, 4) is 0 Å². The van der Waals surface area contributed by atoms with Gasteiger partial charge in [-0.3, -0.25) is 0 Å². The molecule has 0 aliphatic carbocycles. The van der Waals surface area contributed by atoms with Crippen LogP contribution in [0.2, 0.25) is 45.3 Å². The maximum absolute atomic E-state index is 11.3. The molecule has 0 fully saturated rings. The third kappa shape index (κ3) is 9.70. The fraction of sp³-hybridized carbons (Fsp3) is 0.786. The zero-order valence-electron chi connectivity index (χ0n) is 15.4. The molecule has 0 aromatic carbocycles. The van der Waals surface area contributed by atoms with Crippen molar-refractivity contribution in [2.45, 2.75) is 58.7 Å². The van der Waals surface area contributed by atoms with E-state index in [1.54, 1.807) is 14.0 Å². The van der Waals surface area contributed by atoms with Gasteiger partial charge in [0.1, 0.15) is 0 Å². The van der Waals surface area contributed by atoms with Crippen molar-refractivity contribution in [2.24, 2.45) is 0 Å². The number of hydrogen-bond acceptors (Lipinski definition) is 5. The number of esters is 1. The zero-order chi connectivity index (χ0) is 17.6. The van der Waals surface area contributed by atoms with Crippen LogP contribution in [0.15, 0.2) is 12.2 Å². The van der Waals surface area contributed by atoms with Crippen LogP contribution >= 0.6 is 0 Å². The van der Waals surface area contributed by atoms with Crippen molar-refractivity contribution in [1.82, 2.24) is 0 Å². The third-order valence-corrected chi connectivity index (χ3v) is 13.7. The first-order valence-corrected chi connectivity index (χ1v) is 16.3. The van der Waals surface area contributed by atoms with Gasteiger partial charge in [-0.05, 0) is 58.7 Å². The van der Waals surface area contributed by atoms with Gasteiger partial charge in [0.05, 0.1) is 6.61 Å². The Morgan fingerprint density at radius 3 is 2.00 bits per heavy atom. The van der Waals surface area contributed by atoms with Gasteiger partial charge < -0.3 is 17.4 Å². The molecule has 0 amide bonds. The second kappa shape index (κ2) is 8.55. The van der Waals surface area contributed by atoms with Crippen LogP contribution in [0.4, 0.5) is 0 Å². The molecule has 0 heterocycles. The summed E-state index contributed by atoms with van der Waals surface area (Å²) in [5.74, 6) is -0.328. The first-order chi connectivity index (χ1) is 9.80. The van der Waals surface area contributed by atoms with E-state index < -0.39 is 25.4 Å². The van der Waals surface area contributed by atoms with E-state index in [2.05, 4.69) is 32.8 Å². The van der Waals surface area contributed by atoms with Crippen LogP contribution in [0.3, 0.4) is 0 Å². The molecule has 0 saturated heterocycles. The van der Waals surface area contributed by atoms with Gasteiger partial charge in [0, 0.05) is 12.7 Å². The molecule has 0 rings (SSSR count). The van der Waals surface area contributed by atoms with E-state index >= 15 is 0 Å². The lowest BCUT2D eigenvalue weighted by atomic mass is 10.4. The first-order valence-electron chi connectivity index (χ1n) is 7.58. The Morgan fingerprint density at radius 1 is 1.00 bits per heavy atom. The van der Waals surface area contributed by atoms with Crippen LogP contribution < -0.4 is 0 Å². The van der Waals surface area contributed by atoms with Gasteiger partial charge in [-0.25, -0.2) is 4.79 Å². The van der Waals surface area contributed by atoms with Gasteiger partial charge in [0.2, 0.25) is 0 Å². The lowest BCUT2D eigenvalue weighted by molar-refractivity contribution is -0.138. The van der Waals surface area contributed by atoms with Crippen molar-refractivity contribution >= 4 is 31.4 Å². The van der Waals surface area contributed by atoms with Crippen molar-refractivity contribution in [1.29, 1.82) is 0 Å². The predicted octanol–water partition coefficient (Wildman–Crippen LogP) is 3.78. The summed E-state index contributed by atoms with van der Waals surface area (Å²) in [6, 6.07) is 0.922. The highest BCUT2D eigenvalue weighted by atomic mass is 28.5. The number of carbonyl (C=O) groups is 1. The summed E-state index contributed by atoms with van der Waals surface area (Å²) in [5, 5.41) is 0. The minimum Gasteiger partial charge on any atom is -0.462 e. The fourth-order valence-corrected chi connectivity index (χ4v) is 14.5. The minimum absolute atomic E-state index is 0.328. The van der Waals surface area contributed by atoms with Gasteiger partial charge in [-0.2, -0.15) is 0 Å². The molecule has 5 nitrogen and oxygen atoms in total. The molecule has 0 bridgehead atoms. The molecule has 0 atom stereocenters. The number of hydrogen-bond donors (Lipinski definition) is 0. The van der Waals surface area contributed by atoms with Crippen molar-refractivity contribution in [2.75, 3.05) is 13.7 Å². The Bertz CT molecular complexity index is 394. The van der Waals surface area contributed by atoms with E-state index in [9.17, 15) is 4.79 Å². The van der Waals surface area contributed by atoms with Crippen LogP contribution in [-0.4, -0.2) is 45.1 Å². The van der Waals surface area contributed by atoms with Crippen molar-refractivity contribution in [3.63, 3.8) is 0 Å². The number of rotatable bonds is 10. The normalized spacial score (nSPS) is 13.1. The van der Waals surface area contributed by atoms with E-state index in [4.69, 9.17) is 17.4 Å². The van der Waals surface area contributed by atoms with Gasteiger partial charge >= 0.3 is 23.1 Å². The molecular weight excluding hydrogens is 332 g/mol. The highest BCUT2D eigenvalue weighted by Gasteiger charge is 2.40. The highest BCUT2D eigenvalue weighted by molar-refractivity contribution is 6.86. The Balaban J connectivity index is 4.33. The summed E-state index contributed by atoms with van der Waals surface area (Å²) in [4.78, 5) is 11.3. The molecular formula is C14H32O5Si3. The van der Waals surface area contributed by atoms with E-state index in [0.717, 1.165) is 12.5 Å². The van der Waals surface area contributed by atoms with Crippen LogP contribution in [0.25, 0.3) is 0 Å². The monoisotopic (exact) mass is 364 g/mol. The molecule has 0 N–H and O–H groups in total. The van der Waals surface area contributed by atoms with Crippen LogP contribution in [0.1, 0.15) is 13.3 Å². The van der Waals surface area contributed by atoms with Gasteiger partial charge in [0.15, 0.2) is 8.32 Å². The smallest absolute Gasteiger partial charge is 0.333 e. The van der Waals surface area contributed by atoms with Gasteiger partial charge in [-0.1, -0.05) is 6.58 Å². The van der Waals surface area contributed by atoms with E-state index in [1.165, 1.54) is 0 Å². The Labute approximate surface area is 138 Å². The maximum atomic E-state index is 11.3. The molecule has 0 saturated carbocycles. The standard InChI is InChI=1S/C14H32O5Si3/c1-13(2)14(15)17-11-10-12-20(4,5)18-22(8,9)19-21(6,7)16-3/h1,10-12H2,2-9H3. The summed E-state index contributed by atoms with van der Waals surface area (Å²) in [5.41, 5.74) is 0.432. The quantitative estimate of drug-likeness (QED) is 0.255. The second-order valence-electron chi connectivity index (χ2n) is 6.99. The predicted molar refractivity (Wildman–Crippen MR) is 96.8 cm³/mol. The van der Waals surface area contributed by atoms with Crippen molar-refractivity contribution < 1.29 is 22.2 Å². The molecule has 130 valence electrons. The van der Waals surface area contributed by atoms with E-state index in [1.807, 2.05) is 13.1 Å². The molecule has 8 heteroatoms. The summed E-state index contributed by atoms with van der Waals surface area (Å²) < 4.78 is 23.1. The van der Waals surface area contributed by atoms with E-state index in [0.29, 0.717) is 12.2 Å². The lowest BCUT2D eigenvalue weighted by Crippen LogP contribution is -2.53. The molecule has 0 aromatic heterocycles. The van der Waals surface area contributed by atoms with Crippen molar-refractivity contribution in [3.05, 3.63) is 12.2 Å². The maximum Gasteiger partial charge on any atom is 0.333 e. The Kier molecular flexibility index (Phi) is 8.45. The Hall–Kier alpha value is -0.259. The van der Waals surface area contributed by atoms with Gasteiger partial charge in [0.25, 0.3) is 0 Å². The molecule has 0 aliphatic heterocycles. The topological polar surface area (TPSA) is 54.0 Å². The average molecular weight is 365 g/mol. The van der Waals surface area contributed by atoms with E-state index in [-0.39, 0.29) is 5.97 Å². The summed E-state index contributed by atoms with van der Waals surface area (Å²) >= 11 is 0. The molecule has 0 unspecified atom stereocenters. The van der Waals surface area contributed by atoms with Gasteiger partial charge in [-0.15, -0.1) is 0 Å². The summed E-state index contributed by atoms with van der Waals surface area (Å²) in [6.07, 6.45) is 0.799. The van der Waals surface area contributed by atoms with Crippen LogP contribution in [0.5, 0.6) is 0 Å². The number of ether oxygens (including phenoxy) is 1. The zero-order valence-corrected chi connectivity index (χ0v) is 18.4. The highest BCUT2D eigenvalue weighted by Crippen LogP contribution is 2.23. The Morgan fingerprint density at radius 2 is 1.55 bits per heavy atom. The largest absolute Gasteiger partial charge is 0.462 e. The summed E-state index contributed by atoms with van der Waals surface area (Å²) in [7, 11) is -4.49. The molecule has 0 aromatic rings. The molecule has 0 spiro atoms. The fourth-order valence-electron chi connectivity index (χ4n) is 2.16. The SMILES string of the molecule is C=C(C)C(=O)OCCC[Si](C)(C)O[Si](C)(C)O[Si](C)(C)OC. The number of carbonyl (C=O) groups excluding carboxylic acids is 1. The second-order valence-corrected chi connectivity index (χ2v) is 18.6. The van der Waals surface area contributed by atoms with Crippen LogP contribution in [-0.2, 0) is 22.2 Å². The average Bonchev–Trinajstić information content (AvgIpc) is 2.31. The minimum atomic E-state index is -2.22.